The molecule has 9 heteroatoms. The van der Waals surface area contributed by atoms with Gasteiger partial charge in [-0.25, -0.2) is 4.79 Å². The van der Waals surface area contributed by atoms with Gasteiger partial charge < -0.3 is 9.32 Å². The van der Waals surface area contributed by atoms with Gasteiger partial charge in [0.2, 0.25) is 5.91 Å². The molecule has 26 heavy (non-hydrogen) atoms. The second kappa shape index (κ2) is 6.41. The fourth-order valence-electron chi connectivity index (χ4n) is 3.38. The summed E-state index contributed by atoms with van der Waals surface area (Å²) in [5.74, 6) is -0.891. The molecule has 1 amide bonds. The third-order valence-electron chi connectivity index (χ3n) is 4.60. The van der Waals surface area contributed by atoms with E-state index in [1.807, 2.05) is 17.5 Å². The molecule has 134 valence electrons. The number of nitro benzene ring substituents is 1. The van der Waals surface area contributed by atoms with Crippen LogP contribution in [0, 0.1) is 10.1 Å². The lowest BCUT2D eigenvalue weighted by atomic mass is 10.2. The Bertz CT molecular complexity index is 1040. The lowest BCUT2D eigenvalue weighted by Crippen LogP contribution is -2.35. The summed E-state index contributed by atoms with van der Waals surface area (Å²) in [4.78, 5) is 38.3. The van der Waals surface area contributed by atoms with Crippen LogP contribution >= 0.6 is 11.3 Å². The van der Waals surface area contributed by atoms with Gasteiger partial charge in [-0.05, 0) is 30.4 Å². The van der Waals surface area contributed by atoms with Gasteiger partial charge in [0.15, 0.2) is 5.58 Å². The number of rotatable bonds is 4. The van der Waals surface area contributed by atoms with Crippen molar-refractivity contribution in [2.24, 2.45) is 0 Å². The second-order valence-corrected chi connectivity index (χ2v) is 7.10. The number of thiophene rings is 1. The summed E-state index contributed by atoms with van der Waals surface area (Å²) in [6.45, 7) is 0.432. The molecule has 0 radical (unpaired) electrons. The monoisotopic (exact) mass is 373 g/mol. The number of aromatic nitrogens is 1. The van der Waals surface area contributed by atoms with Gasteiger partial charge in [0.25, 0.3) is 5.69 Å². The fraction of sp³-hybridized carbons (Fsp3) is 0.294. The van der Waals surface area contributed by atoms with Crippen LogP contribution in [0.2, 0.25) is 0 Å². The first-order valence-electron chi connectivity index (χ1n) is 8.15. The van der Waals surface area contributed by atoms with E-state index in [4.69, 9.17) is 4.42 Å². The SMILES string of the molecule is O=C(Cn1c(=O)oc2ccc([N+](=O)[O-])cc21)N1CCCC1c1cccs1. The number of hydrogen-bond acceptors (Lipinski definition) is 6. The van der Waals surface area contributed by atoms with Gasteiger partial charge in [0.05, 0.1) is 16.5 Å². The lowest BCUT2D eigenvalue weighted by molar-refractivity contribution is -0.384. The van der Waals surface area contributed by atoms with Crippen molar-refractivity contribution in [3.05, 3.63) is 61.3 Å². The van der Waals surface area contributed by atoms with E-state index in [0.29, 0.717) is 6.54 Å². The van der Waals surface area contributed by atoms with E-state index in [1.165, 1.54) is 18.2 Å². The highest BCUT2D eigenvalue weighted by Gasteiger charge is 2.31. The Morgan fingerprint density at radius 3 is 2.96 bits per heavy atom. The Morgan fingerprint density at radius 2 is 2.23 bits per heavy atom. The maximum atomic E-state index is 12.8. The van der Waals surface area contributed by atoms with Crippen LogP contribution < -0.4 is 5.76 Å². The van der Waals surface area contributed by atoms with Gasteiger partial charge in [-0.3, -0.25) is 19.5 Å². The van der Waals surface area contributed by atoms with E-state index in [9.17, 15) is 19.7 Å². The molecule has 1 aliphatic rings. The molecule has 1 atom stereocenters. The molecule has 1 unspecified atom stereocenters. The van der Waals surface area contributed by atoms with E-state index in [0.717, 1.165) is 22.3 Å². The zero-order chi connectivity index (χ0) is 18.3. The number of benzene rings is 1. The number of carbonyl (C=O) groups is 1. The summed E-state index contributed by atoms with van der Waals surface area (Å²) in [5.41, 5.74) is 0.325. The van der Waals surface area contributed by atoms with Gasteiger partial charge in [0.1, 0.15) is 6.54 Å². The largest absolute Gasteiger partial charge is 0.420 e. The normalized spacial score (nSPS) is 17.1. The van der Waals surface area contributed by atoms with Crippen LogP contribution in [0.3, 0.4) is 0 Å². The number of oxazole rings is 1. The van der Waals surface area contributed by atoms with Crippen molar-refractivity contribution >= 4 is 34.0 Å². The van der Waals surface area contributed by atoms with Crippen LogP contribution in [0.25, 0.3) is 11.1 Å². The molecular weight excluding hydrogens is 358 g/mol. The van der Waals surface area contributed by atoms with Gasteiger partial charge in [-0.1, -0.05) is 6.07 Å². The van der Waals surface area contributed by atoms with Crippen molar-refractivity contribution in [3.63, 3.8) is 0 Å². The minimum atomic E-state index is -0.694. The number of fused-ring (bicyclic) bond motifs is 1. The molecule has 0 aliphatic carbocycles. The van der Waals surface area contributed by atoms with E-state index in [2.05, 4.69) is 0 Å². The number of likely N-dealkylation sites (tertiary alicyclic amines) is 1. The van der Waals surface area contributed by atoms with E-state index >= 15 is 0 Å². The highest BCUT2D eigenvalue weighted by Crippen LogP contribution is 2.34. The summed E-state index contributed by atoms with van der Waals surface area (Å²) < 4.78 is 6.27. The Hall–Kier alpha value is -2.94. The summed E-state index contributed by atoms with van der Waals surface area (Å²) >= 11 is 1.60. The summed E-state index contributed by atoms with van der Waals surface area (Å²) in [5, 5.41) is 13.0. The van der Waals surface area contributed by atoms with E-state index in [-0.39, 0.29) is 35.3 Å². The van der Waals surface area contributed by atoms with Crippen LogP contribution in [-0.2, 0) is 11.3 Å². The molecule has 1 aliphatic heterocycles. The Kier molecular flexibility index (Phi) is 4.08. The average molecular weight is 373 g/mol. The zero-order valence-electron chi connectivity index (χ0n) is 13.7. The van der Waals surface area contributed by atoms with Crippen molar-refractivity contribution in [2.75, 3.05) is 6.54 Å². The van der Waals surface area contributed by atoms with Gasteiger partial charge in [-0.2, -0.15) is 0 Å². The highest BCUT2D eigenvalue weighted by molar-refractivity contribution is 7.10. The molecule has 2 aromatic heterocycles. The fourth-order valence-corrected chi connectivity index (χ4v) is 4.26. The summed E-state index contributed by atoms with van der Waals surface area (Å²) in [6.07, 6.45) is 1.79. The minimum Gasteiger partial charge on any atom is -0.408 e. The Labute approximate surface area is 151 Å². The average Bonchev–Trinajstić information content (AvgIpc) is 3.34. The lowest BCUT2D eigenvalue weighted by Gasteiger charge is -2.24. The van der Waals surface area contributed by atoms with Crippen LogP contribution in [0.1, 0.15) is 23.8 Å². The second-order valence-electron chi connectivity index (χ2n) is 6.12. The van der Waals surface area contributed by atoms with Crippen LogP contribution in [0.15, 0.2) is 44.9 Å². The topological polar surface area (TPSA) is 98.6 Å². The quantitative estimate of drug-likeness (QED) is 0.517. The molecule has 4 rings (SSSR count). The summed E-state index contributed by atoms with van der Waals surface area (Å²) in [6, 6.07) is 7.88. The molecule has 0 spiro atoms. The third kappa shape index (κ3) is 2.80. The minimum absolute atomic E-state index is 0.0192. The number of nitrogens with zero attached hydrogens (tertiary/aromatic N) is 3. The molecule has 0 N–H and O–H groups in total. The molecule has 1 fully saturated rings. The molecule has 1 saturated heterocycles. The Balaban J connectivity index is 1.65. The van der Waals surface area contributed by atoms with Gasteiger partial charge >= 0.3 is 5.76 Å². The third-order valence-corrected chi connectivity index (χ3v) is 5.57. The number of carbonyl (C=O) groups excluding carboxylic acids is 1. The standard InChI is InChI=1S/C17H15N3O5S/c21-16(18-7-1-3-12(18)15-4-2-8-26-15)10-19-13-9-11(20(23)24)5-6-14(13)25-17(19)22/h2,4-6,8-9,12H,1,3,7,10H2. The molecule has 0 bridgehead atoms. The van der Waals surface area contributed by atoms with Crippen LogP contribution in [-0.4, -0.2) is 26.8 Å². The van der Waals surface area contributed by atoms with Gasteiger partial charge in [0, 0.05) is 23.6 Å². The van der Waals surface area contributed by atoms with Crippen molar-refractivity contribution in [1.82, 2.24) is 9.47 Å². The van der Waals surface area contributed by atoms with Crippen molar-refractivity contribution in [2.45, 2.75) is 25.4 Å². The van der Waals surface area contributed by atoms with Gasteiger partial charge in [-0.15, -0.1) is 11.3 Å². The number of non-ortho nitro benzene ring substituents is 1. The number of nitro groups is 1. The number of amides is 1. The molecule has 8 nitrogen and oxygen atoms in total. The maximum Gasteiger partial charge on any atom is 0.420 e. The predicted molar refractivity (Wildman–Crippen MR) is 95.1 cm³/mol. The van der Waals surface area contributed by atoms with Crippen LogP contribution in [0.4, 0.5) is 5.69 Å². The zero-order valence-corrected chi connectivity index (χ0v) is 14.5. The molecule has 0 saturated carbocycles. The predicted octanol–water partition coefficient (Wildman–Crippen LogP) is 2.93. The number of hydrogen-bond donors (Lipinski definition) is 0. The molecule has 3 heterocycles. The molecule has 1 aromatic carbocycles. The molecular formula is C17H15N3O5S. The van der Waals surface area contributed by atoms with Crippen molar-refractivity contribution in [3.8, 4) is 0 Å². The van der Waals surface area contributed by atoms with Crippen molar-refractivity contribution in [1.29, 1.82) is 0 Å². The summed E-state index contributed by atoms with van der Waals surface area (Å²) in [7, 11) is 0. The van der Waals surface area contributed by atoms with Crippen molar-refractivity contribution < 1.29 is 14.1 Å². The Morgan fingerprint density at radius 1 is 1.38 bits per heavy atom. The smallest absolute Gasteiger partial charge is 0.408 e. The van der Waals surface area contributed by atoms with Crippen LogP contribution in [0.5, 0.6) is 0 Å². The maximum absolute atomic E-state index is 12.8. The molecule has 3 aromatic rings. The first-order valence-corrected chi connectivity index (χ1v) is 9.03. The highest BCUT2D eigenvalue weighted by atomic mass is 32.1. The van der Waals surface area contributed by atoms with E-state index in [1.54, 1.807) is 16.2 Å². The van der Waals surface area contributed by atoms with E-state index < -0.39 is 10.7 Å². The first-order chi connectivity index (χ1) is 12.5. The first kappa shape index (κ1) is 16.5.